The van der Waals surface area contributed by atoms with Crippen LogP contribution < -0.4 is 11.5 Å². The van der Waals surface area contributed by atoms with E-state index < -0.39 is 5.97 Å². The molecule has 0 aliphatic carbocycles. The molecule has 0 aromatic heterocycles. The molecule has 0 unspecified atom stereocenters. The van der Waals surface area contributed by atoms with E-state index in [1.54, 1.807) is 6.07 Å². The summed E-state index contributed by atoms with van der Waals surface area (Å²) in [6.07, 6.45) is 1.78. The Bertz CT molecular complexity index is 432. The van der Waals surface area contributed by atoms with Gasteiger partial charge in [-0.15, -0.1) is 0 Å². The number of rotatable bonds is 6. The fourth-order valence-corrected chi connectivity index (χ4v) is 1.78. The van der Waals surface area contributed by atoms with Crippen molar-refractivity contribution in [1.29, 1.82) is 0 Å². The van der Waals surface area contributed by atoms with Gasteiger partial charge in [-0.05, 0) is 44.6 Å². The van der Waals surface area contributed by atoms with Crippen LogP contribution in [-0.4, -0.2) is 36.1 Å². The molecule has 0 atom stereocenters. The lowest BCUT2D eigenvalue weighted by atomic mass is 10.0. The van der Waals surface area contributed by atoms with Crippen LogP contribution in [0, 0.1) is 0 Å². The number of nitrogens with two attached hydrogens (primary N) is 2. The molecule has 0 spiro atoms. The van der Waals surface area contributed by atoms with Crippen molar-refractivity contribution in [3.63, 3.8) is 0 Å². The smallest absolute Gasteiger partial charge is 0.337 e. The number of nitrogen functional groups attached to an aromatic ring is 2. The molecule has 0 aliphatic rings. The lowest BCUT2D eigenvalue weighted by molar-refractivity contribution is 0.0698. The average Bonchev–Trinajstić information content (AvgIpc) is 2.33. The number of aryl methyl sites for hydroxylation is 1. The fourth-order valence-electron chi connectivity index (χ4n) is 1.78. The Labute approximate surface area is 107 Å². The van der Waals surface area contributed by atoms with Crippen LogP contribution in [0.2, 0.25) is 0 Å². The Morgan fingerprint density at radius 2 is 2.00 bits per heavy atom. The van der Waals surface area contributed by atoms with E-state index in [0.29, 0.717) is 5.69 Å². The van der Waals surface area contributed by atoms with Gasteiger partial charge < -0.3 is 21.5 Å². The van der Waals surface area contributed by atoms with Crippen LogP contribution in [0.1, 0.15) is 29.3 Å². The lowest BCUT2D eigenvalue weighted by Crippen LogP contribution is -2.19. The van der Waals surface area contributed by atoms with E-state index in [1.807, 2.05) is 0 Å². The summed E-state index contributed by atoms with van der Waals surface area (Å²) in [5.41, 5.74) is 13.2. The summed E-state index contributed by atoms with van der Waals surface area (Å²) < 4.78 is 0. The molecule has 1 rings (SSSR count). The van der Waals surface area contributed by atoms with Crippen LogP contribution in [0.5, 0.6) is 0 Å². The summed E-state index contributed by atoms with van der Waals surface area (Å²) in [6, 6.07) is 3.27. The van der Waals surface area contributed by atoms with Gasteiger partial charge in [0.25, 0.3) is 0 Å². The van der Waals surface area contributed by atoms with E-state index in [0.717, 1.165) is 31.5 Å². The van der Waals surface area contributed by atoms with Gasteiger partial charge in [-0.3, -0.25) is 0 Å². The third-order valence-electron chi connectivity index (χ3n) is 3.13. The van der Waals surface area contributed by atoms with Crippen LogP contribution in [-0.2, 0) is 6.42 Å². The van der Waals surface area contributed by atoms with E-state index in [1.165, 1.54) is 6.07 Å². The van der Waals surface area contributed by atoms with E-state index in [-0.39, 0.29) is 11.3 Å². The maximum Gasteiger partial charge on any atom is 0.337 e. The zero-order chi connectivity index (χ0) is 13.7. The molecule has 0 radical (unpaired) electrons. The van der Waals surface area contributed by atoms with Gasteiger partial charge in [-0.25, -0.2) is 4.79 Å². The normalized spacial score (nSPS) is 10.8. The molecule has 0 bridgehead atoms. The Hall–Kier alpha value is -1.75. The van der Waals surface area contributed by atoms with Gasteiger partial charge in [-0.2, -0.15) is 0 Å². The van der Waals surface area contributed by atoms with E-state index in [2.05, 4.69) is 18.9 Å². The van der Waals surface area contributed by atoms with E-state index >= 15 is 0 Å². The zero-order valence-electron chi connectivity index (χ0n) is 10.9. The SMILES string of the molecule is CCN(C)CCCc1ccc(C(=O)O)c(N)c1N. The van der Waals surface area contributed by atoms with Crippen molar-refractivity contribution >= 4 is 17.3 Å². The topological polar surface area (TPSA) is 92.6 Å². The van der Waals surface area contributed by atoms with E-state index in [9.17, 15) is 4.79 Å². The number of hydrogen-bond acceptors (Lipinski definition) is 4. The first kappa shape index (κ1) is 14.3. The maximum absolute atomic E-state index is 10.9. The highest BCUT2D eigenvalue weighted by Crippen LogP contribution is 2.25. The standard InChI is InChI=1S/C13H21N3O2/c1-3-16(2)8-4-5-9-6-7-10(13(17)18)12(15)11(9)14/h6-7H,3-5,8,14-15H2,1-2H3,(H,17,18). The maximum atomic E-state index is 10.9. The molecule has 0 saturated heterocycles. The van der Waals surface area contributed by atoms with Gasteiger partial charge in [0.2, 0.25) is 0 Å². The Balaban J connectivity index is 2.74. The largest absolute Gasteiger partial charge is 0.478 e. The second-order valence-electron chi connectivity index (χ2n) is 4.40. The fraction of sp³-hybridized carbons (Fsp3) is 0.462. The highest BCUT2D eigenvalue weighted by molar-refractivity contribution is 5.97. The quantitative estimate of drug-likeness (QED) is 0.665. The number of carbonyl (C=O) groups is 1. The number of benzene rings is 1. The average molecular weight is 251 g/mol. The molecule has 0 amide bonds. The lowest BCUT2D eigenvalue weighted by Gasteiger charge is -2.15. The summed E-state index contributed by atoms with van der Waals surface area (Å²) in [7, 11) is 2.06. The monoisotopic (exact) mass is 251 g/mol. The van der Waals surface area contributed by atoms with Crippen molar-refractivity contribution in [1.82, 2.24) is 4.90 Å². The van der Waals surface area contributed by atoms with Crippen molar-refractivity contribution in [3.05, 3.63) is 23.3 Å². The molecule has 0 heterocycles. The third-order valence-corrected chi connectivity index (χ3v) is 3.13. The minimum Gasteiger partial charge on any atom is -0.478 e. The molecule has 18 heavy (non-hydrogen) atoms. The van der Waals surface area contributed by atoms with Crippen molar-refractivity contribution in [2.75, 3.05) is 31.6 Å². The highest BCUT2D eigenvalue weighted by atomic mass is 16.4. The Morgan fingerprint density at radius 1 is 1.33 bits per heavy atom. The van der Waals surface area contributed by atoms with Crippen molar-refractivity contribution in [2.24, 2.45) is 0 Å². The predicted octanol–water partition coefficient (Wildman–Crippen LogP) is 1.43. The number of aromatic carboxylic acids is 1. The number of carboxylic acids is 1. The van der Waals surface area contributed by atoms with E-state index in [4.69, 9.17) is 16.6 Å². The van der Waals surface area contributed by atoms with Gasteiger partial charge in [0, 0.05) is 0 Å². The van der Waals surface area contributed by atoms with Crippen LogP contribution in [0.4, 0.5) is 11.4 Å². The first-order valence-corrected chi connectivity index (χ1v) is 6.06. The molecular formula is C13H21N3O2. The molecule has 5 nitrogen and oxygen atoms in total. The minimum atomic E-state index is -1.04. The van der Waals surface area contributed by atoms with Gasteiger partial charge in [0.15, 0.2) is 0 Å². The first-order chi connectivity index (χ1) is 8.47. The van der Waals surface area contributed by atoms with Crippen LogP contribution >= 0.6 is 0 Å². The molecule has 5 N–H and O–H groups in total. The van der Waals surface area contributed by atoms with Gasteiger partial charge >= 0.3 is 5.97 Å². The molecule has 100 valence electrons. The molecule has 1 aromatic rings. The summed E-state index contributed by atoms with van der Waals surface area (Å²) in [5.74, 6) is -1.04. The molecule has 0 saturated carbocycles. The summed E-state index contributed by atoms with van der Waals surface area (Å²) >= 11 is 0. The zero-order valence-corrected chi connectivity index (χ0v) is 10.9. The number of anilines is 2. The predicted molar refractivity (Wildman–Crippen MR) is 73.7 cm³/mol. The molecular weight excluding hydrogens is 230 g/mol. The van der Waals surface area contributed by atoms with Crippen LogP contribution in [0.25, 0.3) is 0 Å². The first-order valence-electron chi connectivity index (χ1n) is 6.06. The molecule has 5 heteroatoms. The third kappa shape index (κ3) is 3.37. The number of hydrogen-bond donors (Lipinski definition) is 3. The Kier molecular flexibility index (Phi) is 4.97. The highest BCUT2D eigenvalue weighted by Gasteiger charge is 2.12. The van der Waals surface area contributed by atoms with Gasteiger partial charge in [-0.1, -0.05) is 13.0 Å². The van der Waals surface area contributed by atoms with Gasteiger partial charge in [0.1, 0.15) is 0 Å². The summed E-state index contributed by atoms with van der Waals surface area (Å²) in [6.45, 7) is 4.10. The number of nitrogens with zero attached hydrogens (tertiary/aromatic N) is 1. The summed E-state index contributed by atoms with van der Waals surface area (Å²) in [4.78, 5) is 13.1. The van der Waals surface area contributed by atoms with Crippen molar-refractivity contribution in [2.45, 2.75) is 19.8 Å². The molecule has 0 fully saturated rings. The second-order valence-corrected chi connectivity index (χ2v) is 4.40. The molecule has 0 aliphatic heterocycles. The van der Waals surface area contributed by atoms with Crippen molar-refractivity contribution < 1.29 is 9.90 Å². The van der Waals surface area contributed by atoms with Crippen molar-refractivity contribution in [3.8, 4) is 0 Å². The van der Waals surface area contributed by atoms with Crippen LogP contribution in [0.3, 0.4) is 0 Å². The molecule has 1 aromatic carbocycles. The minimum absolute atomic E-state index is 0.0712. The van der Waals surface area contributed by atoms with Crippen LogP contribution in [0.15, 0.2) is 12.1 Å². The summed E-state index contributed by atoms with van der Waals surface area (Å²) in [5, 5.41) is 8.92. The second kappa shape index (κ2) is 6.26. The van der Waals surface area contributed by atoms with Gasteiger partial charge in [0.05, 0.1) is 16.9 Å². The number of carboxylic acid groups (broad SMARTS) is 1. The Morgan fingerprint density at radius 3 is 2.56 bits per heavy atom.